The highest BCUT2D eigenvalue weighted by molar-refractivity contribution is 7.15. The Morgan fingerprint density at radius 3 is 2.46 bits per heavy atom. The van der Waals surface area contributed by atoms with Gasteiger partial charge in [-0.25, -0.2) is 4.79 Å². The van der Waals surface area contributed by atoms with Crippen LogP contribution in [0.15, 0.2) is 53.7 Å². The summed E-state index contributed by atoms with van der Waals surface area (Å²) >= 11 is 1.60. The zero-order valence-corrected chi connectivity index (χ0v) is 16.0. The van der Waals surface area contributed by atoms with Crippen molar-refractivity contribution in [2.24, 2.45) is 0 Å². The van der Waals surface area contributed by atoms with Crippen LogP contribution >= 0.6 is 11.3 Å². The van der Waals surface area contributed by atoms with Gasteiger partial charge in [0.1, 0.15) is 0 Å². The zero-order chi connectivity index (χ0) is 18.7. The van der Waals surface area contributed by atoms with E-state index >= 15 is 0 Å². The third-order valence-electron chi connectivity index (χ3n) is 4.52. The van der Waals surface area contributed by atoms with Crippen molar-refractivity contribution in [2.45, 2.75) is 26.8 Å². The average molecular weight is 369 g/mol. The number of benzene rings is 1. The van der Waals surface area contributed by atoms with E-state index in [1.54, 1.807) is 23.2 Å². The van der Waals surface area contributed by atoms with E-state index in [1.807, 2.05) is 44.2 Å². The lowest BCUT2D eigenvalue weighted by Crippen LogP contribution is -2.47. The van der Waals surface area contributed by atoms with Crippen LogP contribution in [0.4, 0.5) is 4.79 Å². The molecular formula is C20H23N3O2S. The van der Waals surface area contributed by atoms with Crippen LogP contribution < -0.4 is 10.6 Å². The van der Waals surface area contributed by atoms with Gasteiger partial charge in [0.15, 0.2) is 0 Å². The quantitative estimate of drug-likeness (QED) is 0.839. The van der Waals surface area contributed by atoms with Crippen LogP contribution in [-0.4, -0.2) is 29.9 Å². The van der Waals surface area contributed by atoms with Gasteiger partial charge in [-0.1, -0.05) is 30.3 Å². The van der Waals surface area contributed by atoms with Crippen molar-refractivity contribution in [2.75, 3.05) is 13.1 Å². The number of carbonyl (C=O) groups is 2. The fourth-order valence-corrected chi connectivity index (χ4v) is 4.21. The molecule has 0 fully saturated rings. The Labute approximate surface area is 157 Å². The first kappa shape index (κ1) is 18.2. The molecule has 0 bridgehead atoms. The minimum atomic E-state index is -0.431. The van der Waals surface area contributed by atoms with Gasteiger partial charge in [-0.3, -0.25) is 4.79 Å². The number of nitrogens with zero attached hydrogens (tertiary/aromatic N) is 1. The summed E-state index contributed by atoms with van der Waals surface area (Å²) in [4.78, 5) is 28.9. The van der Waals surface area contributed by atoms with Crippen LogP contribution in [0, 0.1) is 0 Å². The first-order valence-electron chi connectivity index (χ1n) is 8.77. The van der Waals surface area contributed by atoms with E-state index < -0.39 is 6.04 Å². The molecule has 0 aliphatic carbocycles. The summed E-state index contributed by atoms with van der Waals surface area (Å²) in [5.41, 5.74) is 2.35. The molecule has 0 spiro atoms. The van der Waals surface area contributed by atoms with Gasteiger partial charge in [0.2, 0.25) is 0 Å². The van der Waals surface area contributed by atoms with E-state index in [0.717, 1.165) is 15.3 Å². The van der Waals surface area contributed by atoms with Crippen molar-refractivity contribution < 1.29 is 9.59 Å². The molecule has 6 heteroatoms. The monoisotopic (exact) mass is 369 g/mol. The first-order chi connectivity index (χ1) is 12.5. The maximum Gasteiger partial charge on any atom is 0.319 e. The van der Waals surface area contributed by atoms with E-state index in [1.165, 1.54) is 0 Å². The second-order valence-electron chi connectivity index (χ2n) is 6.12. The highest BCUT2D eigenvalue weighted by Gasteiger charge is 2.33. The summed E-state index contributed by atoms with van der Waals surface area (Å²) in [6.45, 7) is 6.97. The lowest BCUT2D eigenvalue weighted by atomic mass is 10.00. The molecule has 0 saturated heterocycles. The van der Waals surface area contributed by atoms with Crippen LogP contribution in [0.25, 0.3) is 10.4 Å². The highest BCUT2D eigenvalue weighted by Crippen LogP contribution is 2.36. The molecule has 136 valence electrons. The largest absolute Gasteiger partial charge is 0.339 e. The second-order valence-corrected chi connectivity index (χ2v) is 7.23. The number of hydrogen-bond acceptors (Lipinski definition) is 3. The van der Waals surface area contributed by atoms with E-state index in [2.05, 4.69) is 22.8 Å². The third kappa shape index (κ3) is 3.51. The van der Waals surface area contributed by atoms with Crippen molar-refractivity contribution in [3.63, 3.8) is 0 Å². The Bertz CT molecular complexity index is 838. The summed E-state index contributed by atoms with van der Waals surface area (Å²) in [6.07, 6.45) is 0. The predicted octanol–water partition coefficient (Wildman–Crippen LogP) is 3.91. The van der Waals surface area contributed by atoms with Gasteiger partial charge < -0.3 is 15.5 Å². The van der Waals surface area contributed by atoms with Gasteiger partial charge in [-0.2, -0.15) is 0 Å². The molecule has 2 heterocycles. The van der Waals surface area contributed by atoms with Gasteiger partial charge >= 0.3 is 6.03 Å². The van der Waals surface area contributed by atoms with E-state index in [4.69, 9.17) is 0 Å². The fraction of sp³-hybridized carbons (Fsp3) is 0.300. The molecular weight excluding hydrogens is 346 g/mol. The Hall–Kier alpha value is -2.60. The number of amides is 3. The zero-order valence-electron chi connectivity index (χ0n) is 15.2. The number of thiophene rings is 1. The fourth-order valence-electron chi connectivity index (χ4n) is 3.14. The maximum absolute atomic E-state index is 13.0. The number of hydrogen-bond donors (Lipinski definition) is 2. The van der Waals surface area contributed by atoms with Gasteiger partial charge in [0.25, 0.3) is 5.91 Å². The summed E-state index contributed by atoms with van der Waals surface area (Å²) < 4.78 is 0. The SMILES string of the molecule is CCN(CC)C(=O)C1=C(C)NC(=O)N[C@@H]1c1ccc(-c2ccccc2)s1. The molecule has 1 aromatic heterocycles. The van der Waals surface area contributed by atoms with Gasteiger partial charge in [-0.05, 0) is 38.5 Å². The molecule has 1 atom stereocenters. The molecule has 1 aliphatic heterocycles. The third-order valence-corrected chi connectivity index (χ3v) is 5.72. The molecule has 3 amide bonds. The molecule has 0 unspecified atom stereocenters. The average Bonchev–Trinajstić information content (AvgIpc) is 3.12. The van der Waals surface area contributed by atoms with Crippen LogP contribution in [0.2, 0.25) is 0 Å². The van der Waals surface area contributed by atoms with Crippen molar-refractivity contribution in [1.82, 2.24) is 15.5 Å². The molecule has 5 nitrogen and oxygen atoms in total. The predicted molar refractivity (Wildman–Crippen MR) is 105 cm³/mol. The molecule has 3 rings (SSSR count). The summed E-state index contributed by atoms with van der Waals surface area (Å²) in [7, 11) is 0. The van der Waals surface area contributed by atoms with Crippen molar-refractivity contribution >= 4 is 23.3 Å². The highest BCUT2D eigenvalue weighted by atomic mass is 32.1. The Morgan fingerprint density at radius 1 is 1.12 bits per heavy atom. The molecule has 0 saturated carbocycles. The standard InChI is InChI=1S/C20H23N3O2S/c1-4-23(5-2)19(24)17-13(3)21-20(25)22-18(17)16-12-11-15(26-16)14-9-7-6-8-10-14/h6-12,18H,4-5H2,1-3H3,(H2,21,22,25)/t18-/m1/s1. The van der Waals surface area contributed by atoms with E-state index in [0.29, 0.717) is 24.4 Å². The molecule has 1 aromatic carbocycles. The smallest absolute Gasteiger partial charge is 0.319 e. The molecule has 1 aliphatic rings. The molecule has 0 radical (unpaired) electrons. The summed E-state index contributed by atoms with van der Waals surface area (Å²) in [6, 6.07) is 13.4. The summed E-state index contributed by atoms with van der Waals surface area (Å²) in [5.74, 6) is -0.0420. The van der Waals surface area contributed by atoms with Crippen LogP contribution in [0.5, 0.6) is 0 Å². The van der Waals surface area contributed by atoms with Crippen LogP contribution in [-0.2, 0) is 4.79 Å². The minimum Gasteiger partial charge on any atom is -0.339 e. The number of urea groups is 1. The topological polar surface area (TPSA) is 61.4 Å². The van der Waals surface area contributed by atoms with E-state index in [-0.39, 0.29) is 11.9 Å². The molecule has 2 N–H and O–H groups in total. The first-order valence-corrected chi connectivity index (χ1v) is 9.59. The minimum absolute atomic E-state index is 0.0420. The van der Waals surface area contributed by atoms with Crippen molar-refractivity contribution in [3.05, 3.63) is 58.6 Å². The van der Waals surface area contributed by atoms with Gasteiger partial charge in [0.05, 0.1) is 11.6 Å². The number of carbonyl (C=O) groups excluding carboxylic acids is 2. The maximum atomic E-state index is 13.0. The lowest BCUT2D eigenvalue weighted by Gasteiger charge is -2.31. The molecule has 26 heavy (non-hydrogen) atoms. The molecule has 2 aromatic rings. The Balaban J connectivity index is 1.99. The summed E-state index contributed by atoms with van der Waals surface area (Å²) in [5, 5.41) is 5.66. The van der Waals surface area contributed by atoms with E-state index in [9.17, 15) is 9.59 Å². The Morgan fingerprint density at radius 2 is 1.81 bits per heavy atom. The van der Waals surface area contributed by atoms with Crippen LogP contribution in [0.1, 0.15) is 31.7 Å². The number of nitrogens with one attached hydrogen (secondary N) is 2. The van der Waals surface area contributed by atoms with Crippen molar-refractivity contribution in [3.8, 4) is 10.4 Å². The number of likely N-dealkylation sites (N-methyl/N-ethyl adjacent to an activating group) is 1. The lowest BCUT2D eigenvalue weighted by molar-refractivity contribution is -0.127. The van der Waals surface area contributed by atoms with Gasteiger partial charge in [-0.15, -0.1) is 11.3 Å². The second kappa shape index (κ2) is 7.74. The number of rotatable bonds is 5. The van der Waals surface area contributed by atoms with Crippen LogP contribution in [0.3, 0.4) is 0 Å². The normalized spacial score (nSPS) is 16.9. The van der Waals surface area contributed by atoms with Gasteiger partial charge in [0, 0.05) is 28.5 Å². The van der Waals surface area contributed by atoms with Crippen molar-refractivity contribution in [1.29, 1.82) is 0 Å². The Kier molecular flexibility index (Phi) is 5.42. The number of allylic oxidation sites excluding steroid dienone is 1.